The predicted molar refractivity (Wildman–Crippen MR) is 58.9 cm³/mol. The molecule has 5 nitrogen and oxygen atoms in total. The van der Waals surface area contributed by atoms with Crippen LogP contribution >= 0.6 is 0 Å². The van der Waals surface area contributed by atoms with Crippen LogP contribution in [0, 0.1) is 0 Å². The van der Waals surface area contributed by atoms with Gasteiger partial charge in [-0.2, -0.15) is 5.10 Å². The number of anilines is 1. The molecule has 5 heteroatoms. The van der Waals surface area contributed by atoms with Crippen LogP contribution in [0.25, 0.3) is 0 Å². The van der Waals surface area contributed by atoms with Crippen LogP contribution in [0.3, 0.4) is 0 Å². The SMILES string of the molecule is CC1=CC(=O)N(c2cnn(C(C)C)c2)C1=O. The van der Waals surface area contributed by atoms with E-state index in [4.69, 9.17) is 0 Å². The molecule has 0 radical (unpaired) electrons. The fourth-order valence-electron chi connectivity index (χ4n) is 1.56. The summed E-state index contributed by atoms with van der Waals surface area (Å²) in [5, 5.41) is 4.10. The molecule has 0 aromatic carbocycles. The Bertz CT molecular complexity index is 485. The molecular formula is C11H13N3O2. The van der Waals surface area contributed by atoms with Gasteiger partial charge in [0, 0.05) is 23.9 Å². The van der Waals surface area contributed by atoms with Crippen LogP contribution in [0.15, 0.2) is 24.0 Å². The normalized spacial score (nSPS) is 16.2. The van der Waals surface area contributed by atoms with Crippen molar-refractivity contribution in [2.24, 2.45) is 0 Å². The molecule has 0 fully saturated rings. The van der Waals surface area contributed by atoms with E-state index in [1.54, 1.807) is 17.8 Å². The molecule has 0 saturated heterocycles. The molecular weight excluding hydrogens is 206 g/mol. The Labute approximate surface area is 93.3 Å². The Hall–Kier alpha value is -1.91. The van der Waals surface area contributed by atoms with E-state index < -0.39 is 0 Å². The summed E-state index contributed by atoms with van der Waals surface area (Å²) >= 11 is 0. The highest BCUT2D eigenvalue weighted by Gasteiger charge is 2.30. The third kappa shape index (κ3) is 1.54. The molecule has 1 aromatic heterocycles. The number of rotatable bonds is 2. The molecule has 1 aliphatic rings. The zero-order valence-electron chi connectivity index (χ0n) is 9.47. The van der Waals surface area contributed by atoms with Crippen molar-refractivity contribution in [2.75, 3.05) is 4.90 Å². The minimum atomic E-state index is -0.300. The first-order valence-electron chi connectivity index (χ1n) is 5.11. The lowest BCUT2D eigenvalue weighted by molar-refractivity contribution is -0.120. The lowest BCUT2D eigenvalue weighted by atomic mass is 10.3. The van der Waals surface area contributed by atoms with Crippen LogP contribution in [0.4, 0.5) is 5.69 Å². The Morgan fingerprint density at radius 2 is 2.00 bits per heavy atom. The molecule has 2 heterocycles. The zero-order valence-corrected chi connectivity index (χ0v) is 9.47. The molecule has 1 aliphatic heterocycles. The quantitative estimate of drug-likeness (QED) is 0.704. The molecule has 0 bridgehead atoms. The molecule has 2 amide bonds. The van der Waals surface area contributed by atoms with Gasteiger partial charge in [0.05, 0.1) is 11.9 Å². The number of imide groups is 1. The number of carbonyl (C=O) groups excluding carboxylic acids is 2. The Morgan fingerprint density at radius 3 is 2.44 bits per heavy atom. The Kier molecular flexibility index (Phi) is 2.38. The van der Waals surface area contributed by atoms with E-state index in [1.165, 1.54) is 12.3 Å². The van der Waals surface area contributed by atoms with Gasteiger partial charge in [0.25, 0.3) is 11.8 Å². The minimum absolute atomic E-state index is 0.204. The monoisotopic (exact) mass is 219 g/mol. The number of amides is 2. The van der Waals surface area contributed by atoms with Crippen LogP contribution in [0.2, 0.25) is 0 Å². The van der Waals surface area contributed by atoms with E-state index in [9.17, 15) is 9.59 Å². The fraction of sp³-hybridized carbons (Fsp3) is 0.364. The van der Waals surface area contributed by atoms with Gasteiger partial charge in [-0.3, -0.25) is 14.3 Å². The van der Waals surface area contributed by atoms with Gasteiger partial charge in [-0.05, 0) is 20.8 Å². The average Bonchev–Trinajstić information content (AvgIpc) is 2.74. The largest absolute Gasteiger partial charge is 0.269 e. The second-order valence-corrected chi connectivity index (χ2v) is 4.08. The van der Waals surface area contributed by atoms with E-state index in [1.807, 2.05) is 13.8 Å². The van der Waals surface area contributed by atoms with Crippen molar-refractivity contribution in [3.05, 3.63) is 24.0 Å². The second-order valence-electron chi connectivity index (χ2n) is 4.08. The molecule has 2 rings (SSSR count). The lowest BCUT2D eigenvalue weighted by Crippen LogP contribution is -2.30. The van der Waals surface area contributed by atoms with Crippen molar-refractivity contribution >= 4 is 17.5 Å². The maximum Gasteiger partial charge on any atom is 0.261 e. The first kappa shape index (κ1) is 10.6. The molecule has 84 valence electrons. The third-order valence-electron chi connectivity index (χ3n) is 2.48. The van der Waals surface area contributed by atoms with Crippen molar-refractivity contribution < 1.29 is 9.59 Å². The van der Waals surface area contributed by atoms with E-state index in [2.05, 4.69) is 5.10 Å². The molecule has 0 saturated carbocycles. The summed E-state index contributed by atoms with van der Waals surface area (Å²) < 4.78 is 1.71. The van der Waals surface area contributed by atoms with E-state index in [0.717, 1.165) is 4.90 Å². The summed E-state index contributed by atoms with van der Waals surface area (Å²) in [6, 6.07) is 0.204. The van der Waals surface area contributed by atoms with Crippen LogP contribution < -0.4 is 4.90 Å². The van der Waals surface area contributed by atoms with Gasteiger partial charge >= 0.3 is 0 Å². The molecule has 0 aliphatic carbocycles. The summed E-state index contributed by atoms with van der Waals surface area (Å²) in [5.41, 5.74) is 0.985. The molecule has 1 aromatic rings. The van der Waals surface area contributed by atoms with E-state index in [-0.39, 0.29) is 17.9 Å². The number of carbonyl (C=O) groups is 2. The zero-order chi connectivity index (χ0) is 11.9. The predicted octanol–water partition coefficient (Wildman–Crippen LogP) is 1.28. The molecule has 16 heavy (non-hydrogen) atoms. The van der Waals surface area contributed by atoms with Crippen molar-refractivity contribution in [3.63, 3.8) is 0 Å². The molecule has 0 atom stereocenters. The fourth-order valence-corrected chi connectivity index (χ4v) is 1.56. The number of hydrogen-bond donors (Lipinski definition) is 0. The van der Waals surface area contributed by atoms with Gasteiger partial charge in [-0.15, -0.1) is 0 Å². The minimum Gasteiger partial charge on any atom is -0.269 e. The number of aromatic nitrogens is 2. The standard InChI is InChI=1S/C11H13N3O2/c1-7(2)13-6-9(5-12-13)14-10(15)4-8(3)11(14)16/h4-7H,1-3H3. The van der Waals surface area contributed by atoms with Gasteiger partial charge in [-0.1, -0.05) is 0 Å². The second kappa shape index (κ2) is 3.59. The van der Waals surface area contributed by atoms with Crippen molar-refractivity contribution in [1.29, 1.82) is 0 Å². The van der Waals surface area contributed by atoms with Crippen molar-refractivity contribution in [2.45, 2.75) is 26.8 Å². The number of nitrogens with zero attached hydrogens (tertiary/aromatic N) is 3. The van der Waals surface area contributed by atoms with Gasteiger partial charge < -0.3 is 0 Å². The van der Waals surface area contributed by atoms with Crippen LogP contribution in [0.5, 0.6) is 0 Å². The van der Waals surface area contributed by atoms with Gasteiger partial charge in [0.1, 0.15) is 0 Å². The highest BCUT2D eigenvalue weighted by molar-refractivity contribution is 6.30. The molecule has 0 spiro atoms. The van der Waals surface area contributed by atoms with E-state index >= 15 is 0 Å². The lowest BCUT2D eigenvalue weighted by Gasteiger charge is -2.11. The summed E-state index contributed by atoms with van der Waals surface area (Å²) in [5.74, 6) is -0.570. The molecule has 0 unspecified atom stereocenters. The summed E-state index contributed by atoms with van der Waals surface area (Å²) in [4.78, 5) is 24.4. The summed E-state index contributed by atoms with van der Waals surface area (Å²) in [7, 11) is 0. The van der Waals surface area contributed by atoms with Crippen molar-refractivity contribution in [1.82, 2.24) is 9.78 Å². The highest BCUT2D eigenvalue weighted by atomic mass is 16.2. The Balaban J connectivity index is 2.32. The van der Waals surface area contributed by atoms with Gasteiger partial charge in [0.15, 0.2) is 0 Å². The maximum atomic E-state index is 11.7. The van der Waals surface area contributed by atoms with Crippen molar-refractivity contribution in [3.8, 4) is 0 Å². The van der Waals surface area contributed by atoms with Gasteiger partial charge in [-0.25, -0.2) is 4.90 Å². The van der Waals surface area contributed by atoms with Crippen LogP contribution in [-0.4, -0.2) is 21.6 Å². The third-order valence-corrected chi connectivity index (χ3v) is 2.48. The van der Waals surface area contributed by atoms with Crippen LogP contribution in [0.1, 0.15) is 26.8 Å². The van der Waals surface area contributed by atoms with Crippen LogP contribution in [-0.2, 0) is 9.59 Å². The smallest absolute Gasteiger partial charge is 0.261 e. The first-order valence-corrected chi connectivity index (χ1v) is 5.11. The summed E-state index contributed by atoms with van der Waals surface area (Å²) in [6.07, 6.45) is 4.57. The molecule has 0 N–H and O–H groups in total. The van der Waals surface area contributed by atoms with E-state index in [0.29, 0.717) is 11.3 Å². The number of hydrogen-bond acceptors (Lipinski definition) is 3. The summed E-state index contributed by atoms with van der Waals surface area (Å²) in [6.45, 7) is 5.59. The average molecular weight is 219 g/mol. The Morgan fingerprint density at radius 1 is 1.31 bits per heavy atom. The first-order chi connectivity index (χ1) is 7.50. The highest BCUT2D eigenvalue weighted by Crippen LogP contribution is 2.22. The topological polar surface area (TPSA) is 55.2 Å². The maximum absolute atomic E-state index is 11.7. The van der Waals surface area contributed by atoms with Gasteiger partial charge in [0.2, 0.25) is 0 Å².